The molecule has 0 aliphatic rings. The Balaban J connectivity index is 0.000000867. The molecule has 54 heavy (non-hydrogen) atoms. The predicted octanol–water partition coefficient (Wildman–Crippen LogP) is 3.78. The van der Waals surface area contributed by atoms with Crippen LogP contribution in [-0.2, 0) is 35.5 Å². The molecule has 0 bridgehead atoms. The average Bonchev–Trinajstić information content (AvgIpc) is 3.84. The van der Waals surface area contributed by atoms with Gasteiger partial charge in [0.05, 0.1) is 48.9 Å². The molecule has 0 fully saturated rings. The van der Waals surface area contributed by atoms with E-state index < -0.39 is 23.0 Å². The van der Waals surface area contributed by atoms with Crippen LogP contribution in [0.2, 0.25) is 0 Å². The van der Waals surface area contributed by atoms with E-state index in [-0.39, 0.29) is 26.4 Å². The predicted molar refractivity (Wildman–Crippen MR) is 208 cm³/mol. The van der Waals surface area contributed by atoms with Crippen LogP contribution in [0.5, 0.6) is 0 Å². The zero-order valence-corrected chi connectivity index (χ0v) is 33.0. The molecule has 16 heteroatoms. The molecular weight excluding hydrogens is 696 g/mol. The number of aliphatic carboxylic acids is 2. The number of nitrogens with two attached hydrogens (primary N) is 2. The van der Waals surface area contributed by atoms with E-state index in [1.54, 1.807) is 0 Å². The maximum Gasteiger partial charge on any atom is 0.328 e. The van der Waals surface area contributed by atoms with Gasteiger partial charge in [-0.3, -0.25) is 9.36 Å². The summed E-state index contributed by atoms with van der Waals surface area (Å²) in [5.74, 6) is -2.51. The first-order chi connectivity index (χ1) is 25.9. The summed E-state index contributed by atoms with van der Waals surface area (Å²) in [6, 6.07) is 0. The summed E-state index contributed by atoms with van der Waals surface area (Å²) in [4.78, 5) is 19.1. The van der Waals surface area contributed by atoms with Gasteiger partial charge in [0.15, 0.2) is 0 Å². The summed E-state index contributed by atoms with van der Waals surface area (Å²) in [6.45, 7) is 5.38. The lowest BCUT2D eigenvalue weighted by molar-refractivity contribution is -0.134. The first-order valence-electron chi connectivity index (χ1n) is 19.8. The largest absolute Gasteiger partial charge is 0.478 e. The number of aryl methyl sites for hydroxylation is 4. The molecular formula is C38H72N8O8. The first kappa shape index (κ1) is 50.7. The minimum absolute atomic E-state index is 0.226. The number of hydrogen-bond donors (Lipinski definition) is 8. The van der Waals surface area contributed by atoms with E-state index in [0.717, 1.165) is 37.3 Å². The molecule has 16 nitrogen and oxygen atoms in total. The maximum absolute atomic E-state index is 9.55. The van der Waals surface area contributed by atoms with Crippen molar-refractivity contribution in [2.75, 3.05) is 26.4 Å². The third-order valence-electron chi connectivity index (χ3n) is 9.04. The SMILES string of the molecule is CCCCCCCCCCn1cc(CCC(N)(CO)CO)nn1.CCCCCCCCCCn1cc(CCC(N)(CO)CO)nn1.O=C(O)/C=C/C(=O)O. The molecule has 2 rings (SSSR count). The number of aliphatic hydroxyl groups is 4. The van der Waals surface area contributed by atoms with E-state index in [2.05, 4.69) is 34.5 Å². The van der Waals surface area contributed by atoms with Gasteiger partial charge in [0, 0.05) is 37.6 Å². The van der Waals surface area contributed by atoms with Crippen molar-refractivity contribution in [3.05, 3.63) is 35.9 Å². The Bertz CT molecular complexity index is 1140. The zero-order valence-electron chi connectivity index (χ0n) is 33.0. The van der Waals surface area contributed by atoms with E-state index in [1.165, 1.54) is 89.9 Å². The number of rotatable bonds is 30. The highest BCUT2D eigenvalue weighted by Crippen LogP contribution is 2.13. The fourth-order valence-electron chi connectivity index (χ4n) is 5.25. The summed E-state index contributed by atoms with van der Waals surface area (Å²) in [5.41, 5.74) is 11.6. The molecule has 0 saturated carbocycles. The Hall–Kier alpha value is -3.28. The van der Waals surface area contributed by atoms with Crippen LogP contribution in [0.4, 0.5) is 0 Å². The molecule has 0 unspecified atom stereocenters. The van der Waals surface area contributed by atoms with Crippen LogP contribution >= 0.6 is 0 Å². The van der Waals surface area contributed by atoms with E-state index >= 15 is 0 Å². The third kappa shape index (κ3) is 27.3. The first-order valence-corrected chi connectivity index (χ1v) is 19.8. The monoisotopic (exact) mass is 769 g/mol. The molecule has 0 atom stereocenters. The van der Waals surface area contributed by atoms with Gasteiger partial charge < -0.3 is 42.1 Å². The quantitative estimate of drug-likeness (QED) is 0.0415. The number of aliphatic hydroxyl groups excluding tert-OH is 4. The molecule has 2 aromatic heterocycles. The Kier molecular flexibility index (Phi) is 30.1. The fraction of sp³-hybridized carbons (Fsp3) is 0.789. The molecule has 10 N–H and O–H groups in total. The van der Waals surface area contributed by atoms with E-state index in [4.69, 9.17) is 21.7 Å². The summed E-state index contributed by atoms with van der Waals surface area (Å²) in [7, 11) is 0. The summed E-state index contributed by atoms with van der Waals surface area (Å²) < 4.78 is 3.75. The highest BCUT2D eigenvalue weighted by Gasteiger charge is 2.24. The molecule has 312 valence electrons. The van der Waals surface area contributed by atoms with Gasteiger partial charge in [-0.2, -0.15) is 0 Å². The fourth-order valence-corrected chi connectivity index (χ4v) is 5.25. The number of aromatic nitrogens is 6. The normalized spacial score (nSPS) is 11.6. The average molecular weight is 769 g/mol. The lowest BCUT2D eigenvalue weighted by Gasteiger charge is -2.23. The van der Waals surface area contributed by atoms with Crippen molar-refractivity contribution in [3.8, 4) is 0 Å². The summed E-state index contributed by atoms with van der Waals surface area (Å²) in [6.07, 6.45) is 28.0. The smallest absolute Gasteiger partial charge is 0.328 e. The Morgan fingerprint density at radius 1 is 0.574 bits per heavy atom. The second-order valence-corrected chi connectivity index (χ2v) is 14.3. The second-order valence-electron chi connectivity index (χ2n) is 14.3. The number of unbranched alkanes of at least 4 members (excludes halogenated alkanes) is 14. The van der Waals surface area contributed by atoms with Gasteiger partial charge in [-0.1, -0.05) is 114 Å². The number of carboxylic acid groups (broad SMARTS) is 2. The van der Waals surface area contributed by atoms with Crippen molar-refractivity contribution in [1.29, 1.82) is 0 Å². The highest BCUT2D eigenvalue weighted by atomic mass is 16.4. The molecule has 0 radical (unpaired) electrons. The van der Waals surface area contributed by atoms with Crippen molar-refractivity contribution in [2.24, 2.45) is 11.5 Å². The topological polar surface area (TPSA) is 269 Å². The summed E-state index contributed by atoms with van der Waals surface area (Å²) in [5, 5.41) is 68.8. The third-order valence-corrected chi connectivity index (χ3v) is 9.04. The van der Waals surface area contributed by atoms with Crippen molar-refractivity contribution in [1.82, 2.24) is 30.0 Å². The van der Waals surface area contributed by atoms with Crippen molar-refractivity contribution in [2.45, 2.75) is 166 Å². The van der Waals surface area contributed by atoms with Crippen LogP contribution in [0.3, 0.4) is 0 Å². The van der Waals surface area contributed by atoms with Gasteiger partial charge in [-0.25, -0.2) is 9.59 Å². The standard InChI is InChI=1S/2C17H34N4O2.C4H4O4/c2*1-2-3-4-5-6-7-8-9-12-21-13-16(19-20-21)10-11-17(18,14-22)15-23;5-3(6)1-2-4(7)8/h2*13,22-23H,2-12,14-15,18H2,1H3;1-2H,(H,5,6)(H,7,8)/b;;2-1+. The Morgan fingerprint density at radius 2 is 0.870 bits per heavy atom. The Labute approximate surface area is 322 Å². The molecule has 0 spiro atoms. The number of hydrogen-bond acceptors (Lipinski definition) is 12. The van der Waals surface area contributed by atoms with Gasteiger partial charge in [-0.15, -0.1) is 10.2 Å². The van der Waals surface area contributed by atoms with Crippen LogP contribution in [0.1, 0.15) is 141 Å². The highest BCUT2D eigenvalue weighted by molar-refractivity contribution is 5.89. The van der Waals surface area contributed by atoms with Gasteiger partial charge in [-0.05, 0) is 38.5 Å². The zero-order chi connectivity index (χ0) is 40.5. The molecule has 2 heterocycles. The van der Waals surface area contributed by atoms with Crippen LogP contribution < -0.4 is 11.5 Å². The molecule has 0 amide bonds. The van der Waals surface area contributed by atoms with Crippen LogP contribution in [-0.4, -0.2) is 110 Å². The lowest BCUT2D eigenvalue weighted by Crippen LogP contribution is -2.47. The van der Waals surface area contributed by atoms with E-state index in [1.807, 2.05) is 21.8 Å². The maximum atomic E-state index is 9.55. The van der Waals surface area contributed by atoms with Crippen LogP contribution in [0.15, 0.2) is 24.5 Å². The van der Waals surface area contributed by atoms with Gasteiger partial charge in [0.1, 0.15) is 0 Å². The van der Waals surface area contributed by atoms with E-state index in [9.17, 15) is 30.0 Å². The molecule has 0 aliphatic carbocycles. The lowest BCUT2D eigenvalue weighted by atomic mass is 9.96. The van der Waals surface area contributed by atoms with Crippen LogP contribution in [0, 0.1) is 0 Å². The van der Waals surface area contributed by atoms with Crippen molar-refractivity contribution in [3.63, 3.8) is 0 Å². The second kappa shape index (κ2) is 32.0. The number of carbonyl (C=O) groups is 2. The van der Waals surface area contributed by atoms with Gasteiger partial charge in [0.2, 0.25) is 0 Å². The van der Waals surface area contributed by atoms with Gasteiger partial charge >= 0.3 is 11.9 Å². The minimum atomic E-state index is -1.26. The molecule has 0 aliphatic heterocycles. The molecule has 0 aromatic carbocycles. The minimum Gasteiger partial charge on any atom is -0.478 e. The number of carboxylic acids is 2. The van der Waals surface area contributed by atoms with Gasteiger partial charge in [0.25, 0.3) is 0 Å². The summed E-state index contributed by atoms with van der Waals surface area (Å²) >= 11 is 0. The van der Waals surface area contributed by atoms with E-state index in [0.29, 0.717) is 37.8 Å². The van der Waals surface area contributed by atoms with Crippen LogP contribution in [0.25, 0.3) is 0 Å². The number of nitrogens with zero attached hydrogens (tertiary/aromatic N) is 6. The Morgan fingerprint density at radius 3 is 1.15 bits per heavy atom. The van der Waals surface area contributed by atoms with Crippen molar-refractivity contribution >= 4 is 11.9 Å². The van der Waals surface area contributed by atoms with Crippen molar-refractivity contribution < 1.29 is 40.2 Å². The molecule has 2 aromatic rings. The molecule has 0 saturated heterocycles.